The number of carbonyl (C=O) groups is 2. The van der Waals surface area contributed by atoms with Crippen LogP contribution in [-0.2, 0) is 4.74 Å². The number of carbonyl (C=O) groups excluding carboxylic acids is 2. The Labute approximate surface area is 195 Å². The first-order valence-corrected chi connectivity index (χ1v) is 10.9. The lowest BCUT2D eigenvalue weighted by molar-refractivity contribution is -0.0459. The van der Waals surface area contributed by atoms with Gasteiger partial charge in [0, 0.05) is 29.2 Å². The molecular weight excluding hydrogens is 442 g/mol. The monoisotopic (exact) mass is 471 g/mol. The molecule has 1 amide bonds. The van der Waals surface area contributed by atoms with Crippen LogP contribution in [0, 0.1) is 5.41 Å². The van der Waals surface area contributed by atoms with Crippen molar-refractivity contribution in [2.24, 2.45) is 5.41 Å². The topological polar surface area (TPSA) is 151 Å². The summed E-state index contributed by atoms with van der Waals surface area (Å²) in [6.45, 7) is 6.64. The summed E-state index contributed by atoms with van der Waals surface area (Å²) in [4.78, 5) is 52.2. The van der Waals surface area contributed by atoms with Gasteiger partial charge in [0.1, 0.15) is 12.3 Å². The van der Waals surface area contributed by atoms with Gasteiger partial charge in [-0.15, -0.1) is 0 Å². The first-order chi connectivity index (χ1) is 16.0. The van der Waals surface area contributed by atoms with Gasteiger partial charge < -0.3 is 20.3 Å². The number of nitrogens with one attached hydrogen (secondary N) is 2. The van der Waals surface area contributed by atoms with Gasteiger partial charge in [0.15, 0.2) is 5.78 Å². The Morgan fingerprint density at radius 3 is 2.35 bits per heavy atom. The normalized spacial score (nSPS) is 20.9. The van der Waals surface area contributed by atoms with E-state index in [-0.39, 0.29) is 29.0 Å². The number of rotatable bonds is 6. The lowest BCUT2D eigenvalue weighted by atomic mass is 9.86. The Hall–Kier alpha value is -3.34. The summed E-state index contributed by atoms with van der Waals surface area (Å²) in [6, 6.07) is 6.20. The van der Waals surface area contributed by atoms with E-state index in [2.05, 4.69) is 10.3 Å². The van der Waals surface area contributed by atoms with Crippen LogP contribution in [0.3, 0.4) is 0 Å². The van der Waals surface area contributed by atoms with Gasteiger partial charge in [-0.3, -0.25) is 23.9 Å². The van der Waals surface area contributed by atoms with Crippen LogP contribution in [0.4, 0.5) is 0 Å². The van der Waals surface area contributed by atoms with Crippen molar-refractivity contribution in [3.8, 4) is 0 Å². The van der Waals surface area contributed by atoms with Crippen LogP contribution in [0.25, 0.3) is 5.70 Å². The van der Waals surface area contributed by atoms with E-state index < -0.39 is 47.6 Å². The molecule has 10 heteroatoms. The van der Waals surface area contributed by atoms with Crippen molar-refractivity contribution in [1.29, 1.82) is 0 Å². The second kappa shape index (κ2) is 9.88. The summed E-state index contributed by atoms with van der Waals surface area (Å²) < 4.78 is 6.62. The van der Waals surface area contributed by atoms with E-state index in [1.807, 2.05) is 20.8 Å². The molecule has 0 spiro atoms. The lowest BCUT2D eigenvalue weighted by Crippen LogP contribution is -2.36. The number of nitrogens with zero attached hydrogens (tertiary/aromatic N) is 1. The molecule has 2 heterocycles. The number of H-pyrrole nitrogens is 1. The van der Waals surface area contributed by atoms with Crippen molar-refractivity contribution in [2.45, 2.75) is 52.6 Å². The molecule has 0 aliphatic carbocycles. The van der Waals surface area contributed by atoms with Crippen LogP contribution in [-0.4, -0.2) is 50.3 Å². The van der Waals surface area contributed by atoms with Gasteiger partial charge >= 0.3 is 5.69 Å². The molecule has 0 unspecified atom stereocenters. The average Bonchev–Trinajstić information content (AvgIpc) is 3.17. The van der Waals surface area contributed by atoms with Crippen LogP contribution in [0.5, 0.6) is 0 Å². The molecule has 3 atom stereocenters. The molecule has 182 valence electrons. The van der Waals surface area contributed by atoms with E-state index >= 15 is 0 Å². The predicted molar refractivity (Wildman–Crippen MR) is 124 cm³/mol. The molecule has 0 radical (unpaired) electrons. The third-order valence-electron chi connectivity index (χ3n) is 5.58. The summed E-state index contributed by atoms with van der Waals surface area (Å²) in [5, 5.41) is 21.9. The Balaban J connectivity index is 1.84. The quantitative estimate of drug-likeness (QED) is 0.462. The zero-order valence-corrected chi connectivity index (χ0v) is 19.5. The summed E-state index contributed by atoms with van der Waals surface area (Å²) >= 11 is 0. The number of amides is 1. The standard InChI is InChI=1S/C24H29N3O7/c1-5-16(25-21(31)14-8-6-13(7-9-14)20(30)24(2,3)4)15-11-27(23(33)26-22(15)32)19-10-17(29)18(12-28)34-19/h5-9,11,17-19,28-29H,10,12H2,1-4H3,(H,25,31)(H,26,32,33)/b16-5+/t17-,18+,19+/m0/s1. The van der Waals surface area contributed by atoms with Crippen molar-refractivity contribution in [3.63, 3.8) is 0 Å². The average molecular weight is 472 g/mol. The highest BCUT2D eigenvalue weighted by Gasteiger charge is 2.35. The third-order valence-corrected chi connectivity index (χ3v) is 5.58. The molecule has 3 rings (SSSR count). The molecule has 34 heavy (non-hydrogen) atoms. The van der Waals surface area contributed by atoms with Crippen molar-refractivity contribution < 1.29 is 24.5 Å². The molecule has 0 bridgehead atoms. The largest absolute Gasteiger partial charge is 0.394 e. The summed E-state index contributed by atoms with van der Waals surface area (Å²) in [6.07, 6.45) is 0.104. The van der Waals surface area contributed by atoms with Gasteiger partial charge in [-0.05, 0) is 19.1 Å². The second-order valence-corrected chi connectivity index (χ2v) is 9.14. The first-order valence-electron chi connectivity index (χ1n) is 10.9. The second-order valence-electron chi connectivity index (χ2n) is 9.14. The number of ether oxygens (including phenoxy) is 1. The molecule has 1 fully saturated rings. The molecule has 1 saturated heterocycles. The SMILES string of the molecule is C/C=C(/NC(=O)c1ccc(C(=O)C(C)(C)C)cc1)c1cn([C@H]2C[C@H](O)[C@@H](CO)O2)c(=O)[nH]c1=O. The molecule has 4 N–H and O–H groups in total. The highest BCUT2D eigenvalue weighted by molar-refractivity contribution is 6.02. The maximum absolute atomic E-state index is 12.8. The molecule has 10 nitrogen and oxygen atoms in total. The molecule has 1 aliphatic heterocycles. The fourth-order valence-corrected chi connectivity index (χ4v) is 3.64. The van der Waals surface area contributed by atoms with Crippen molar-refractivity contribution in [2.75, 3.05) is 6.61 Å². The number of aliphatic hydroxyl groups is 2. The van der Waals surface area contributed by atoms with Gasteiger partial charge in [0.25, 0.3) is 11.5 Å². The van der Waals surface area contributed by atoms with Crippen molar-refractivity contribution in [3.05, 3.63) is 74.1 Å². The number of hydrogen-bond acceptors (Lipinski definition) is 7. The number of Topliss-reactive ketones (excluding diaryl/α,β-unsaturated/α-hetero) is 1. The number of ketones is 1. The Kier molecular flexibility index (Phi) is 7.35. The number of benzene rings is 1. The summed E-state index contributed by atoms with van der Waals surface area (Å²) in [5.74, 6) is -0.557. The van der Waals surface area contributed by atoms with Crippen LogP contribution in [0.2, 0.25) is 0 Å². The van der Waals surface area contributed by atoms with Crippen LogP contribution < -0.4 is 16.6 Å². The Morgan fingerprint density at radius 1 is 1.21 bits per heavy atom. The smallest absolute Gasteiger partial charge is 0.330 e. The van der Waals surface area contributed by atoms with Crippen molar-refractivity contribution in [1.82, 2.24) is 14.9 Å². The fourth-order valence-electron chi connectivity index (χ4n) is 3.64. The minimum Gasteiger partial charge on any atom is -0.394 e. The maximum atomic E-state index is 12.8. The molecule has 0 saturated carbocycles. The number of hydrogen-bond donors (Lipinski definition) is 4. The van der Waals surface area contributed by atoms with E-state index in [9.17, 15) is 29.4 Å². The predicted octanol–water partition coefficient (Wildman–Crippen LogP) is 1.20. The number of aromatic nitrogens is 2. The molecule has 1 aromatic carbocycles. The highest BCUT2D eigenvalue weighted by atomic mass is 16.5. The molecule has 1 aromatic heterocycles. The zero-order chi connectivity index (χ0) is 25.2. The van der Waals surface area contributed by atoms with E-state index in [1.165, 1.54) is 24.4 Å². The minimum absolute atomic E-state index is 0.0144. The van der Waals surface area contributed by atoms with E-state index in [0.717, 1.165) is 4.57 Å². The molecule has 1 aliphatic rings. The van der Waals surface area contributed by atoms with Crippen molar-refractivity contribution >= 4 is 17.4 Å². The maximum Gasteiger partial charge on any atom is 0.330 e. The van der Waals surface area contributed by atoms with E-state index in [0.29, 0.717) is 5.56 Å². The zero-order valence-electron chi connectivity index (χ0n) is 19.5. The van der Waals surface area contributed by atoms with E-state index in [1.54, 1.807) is 19.1 Å². The van der Waals surface area contributed by atoms with Gasteiger partial charge in [-0.2, -0.15) is 0 Å². The van der Waals surface area contributed by atoms with Crippen LogP contribution in [0.1, 0.15) is 66.6 Å². The lowest BCUT2D eigenvalue weighted by Gasteiger charge is -2.17. The number of aromatic amines is 1. The molecular formula is C24H29N3O7. The van der Waals surface area contributed by atoms with Crippen LogP contribution >= 0.6 is 0 Å². The molecule has 2 aromatic rings. The minimum atomic E-state index is -0.966. The Morgan fingerprint density at radius 2 is 1.82 bits per heavy atom. The fraction of sp³-hybridized carbons (Fsp3) is 0.417. The third kappa shape index (κ3) is 5.24. The Bertz CT molecular complexity index is 1220. The van der Waals surface area contributed by atoms with Gasteiger partial charge in [0.2, 0.25) is 0 Å². The number of aliphatic hydroxyl groups excluding tert-OH is 2. The first kappa shape index (κ1) is 25.3. The van der Waals surface area contributed by atoms with Gasteiger partial charge in [0.05, 0.1) is 24.0 Å². The van der Waals surface area contributed by atoms with Crippen LogP contribution in [0.15, 0.2) is 46.1 Å². The highest BCUT2D eigenvalue weighted by Crippen LogP contribution is 2.27. The van der Waals surface area contributed by atoms with E-state index in [4.69, 9.17) is 4.74 Å². The van der Waals surface area contributed by atoms with Gasteiger partial charge in [-0.25, -0.2) is 4.79 Å². The summed E-state index contributed by atoms with van der Waals surface area (Å²) in [5.41, 5.74) is -1.07. The summed E-state index contributed by atoms with van der Waals surface area (Å²) in [7, 11) is 0. The van der Waals surface area contributed by atoms with Gasteiger partial charge in [-0.1, -0.05) is 39.0 Å². The number of allylic oxidation sites excluding steroid dienone is 1.